The Bertz CT molecular complexity index is 432. The van der Waals surface area contributed by atoms with E-state index >= 15 is 0 Å². The second-order valence-electron chi connectivity index (χ2n) is 5.25. The third-order valence-electron chi connectivity index (χ3n) is 4.01. The predicted octanol–water partition coefficient (Wildman–Crippen LogP) is 3.81. The molecule has 0 aliphatic heterocycles. The van der Waals surface area contributed by atoms with E-state index in [1.54, 1.807) is 12.1 Å². The van der Waals surface area contributed by atoms with E-state index in [0.717, 1.165) is 35.7 Å². The SMILES string of the molecule is CCOC1(C(N)Cc2cc(F)ccc2Br)CCCC1. The van der Waals surface area contributed by atoms with Crippen molar-refractivity contribution in [3.63, 3.8) is 0 Å². The topological polar surface area (TPSA) is 35.2 Å². The van der Waals surface area contributed by atoms with Crippen molar-refractivity contribution in [2.75, 3.05) is 6.61 Å². The maximum absolute atomic E-state index is 13.3. The maximum Gasteiger partial charge on any atom is 0.123 e. The van der Waals surface area contributed by atoms with Crippen LogP contribution in [0.2, 0.25) is 0 Å². The van der Waals surface area contributed by atoms with Gasteiger partial charge in [0.05, 0.1) is 5.60 Å². The fraction of sp³-hybridized carbons (Fsp3) is 0.600. The monoisotopic (exact) mass is 329 g/mol. The van der Waals surface area contributed by atoms with Gasteiger partial charge in [0.25, 0.3) is 0 Å². The van der Waals surface area contributed by atoms with Crippen LogP contribution < -0.4 is 5.73 Å². The van der Waals surface area contributed by atoms with Crippen LogP contribution in [0.25, 0.3) is 0 Å². The van der Waals surface area contributed by atoms with Crippen molar-refractivity contribution < 1.29 is 9.13 Å². The van der Waals surface area contributed by atoms with Crippen LogP contribution in [0, 0.1) is 5.82 Å². The lowest BCUT2D eigenvalue weighted by Crippen LogP contribution is -2.49. The zero-order valence-corrected chi connectivity index (χ0v) is 12.9. The van der Waals surface area contributed by atoms with Crippen LogP contribution >= 0.6 is 15.9 Å². The zero-order chi connectivity index (χ0) is 13.9. The van der Waals surface area contributed by atoms with Crippen molar-refractivity contribution in [2.45, 2.75) is 50.7 Å². The maximum atomic E-state index is 13.3. The highest BCUT2D eigenvalue weighted by molar-refractivity contribution is 9.10. The molecule has 2 nitrogen and oxygen atoms in total. The Hall–Kier alpha value is -0.450. The van der Waals surface area contributed by atoms with Gasteiger partial charge in [-0.15, -0.1) is 0 Å². The van der Waals surface area contributed by atoms with Gasteiger partial charge in [-0.25, -0.2) is 4.39 Å². The lowest BCUT2D eigenvalue weighted by atomic mass is 9.88. The number of benzene rings is 1. The summed E-state index contributed by atoms with van der Waals surface area (Å²) in [5.41, 5.74) is 7.08. The molecule has 1 aromatic rings. The minimum Gasteiger partial charge on any atom is -0.374 e. The Kier molecular flexibility index (Phi) is 4.98. The van der Waals surface area contributed by atoms with E-state index in [4.69, 9.17) is 10.5 Å². The minimum absolute atomic E-state index is 0.0898. The Morgan fingerprint density at radius 3 is 2.74 bits per heavy atom. The smallest absolute Gasteiger partial charge is 0.123 e. The summed E-state index contributed by atoms with van der Waals surface area (Å²) < 4.78 is 20.2. The van der Waals surface area contributed by atoms with Crippen LogP contribution in [0.15, 0.2) is 22.7 Å². The molecule has 106 valence electrons. The molecule has 1 atom stereocenters. The molecule has 0 bridgehead atoms. The highest BCUT2D eigenvalue weighted by Gasteiger charge is 2.40. The molecule has 1 aromatic carbocycles. The molecule has 4 heteroatoms. The molecule has 2 rings (SSSR count). The van der Waals surface area contributed by atoms with E-state index in [-0.39, 0.29) is 17.5 Å². The molecule has 0 radical (unpaired) electrons. The second-order valence-corrected chi connectivity index (χ2v) is 6.11. The molecule has 0 amide bonds. The van der Waals surface area contributed by atoms with Gasteiger partial charge in [0, 0.05) is 17.1 Å². The number of ether oxygens (including phenoxy) is 1. The number of rotatable bonds is 5. The number of nitrogens with two attached hydrogens (primary N) is 1. The quantitative estimate of drug-likeness (QED) is 0.891. The third-order valence-corrected chi connectivity index (χ3v) is 4.78. The third kappa shape index (κ3) is 3.36. The summed E-state index contributed by atoms with van der Waals surface area (Å²) in [4.78, 5) is 0. The minimum atomic E-state index is -0.222. The first-order valence-corrected chi connectivity index (χ1v) is 7.70. The lowest BCUT2D eigenvalue weighted by Gasteiger charge is -2.35. The average Bonchev–Trinajstić information content (AvgIpc) is 2.84. The summed E-state index contributed by atoms with van der Waals surface area (Å²) in [5.74, 6) is -0.220. The van der Waals surface area contributed by atoms with Gasteiger partial charge in [-0.3, -0.25) is 0 Å². The Balaban J connectivity index is 2.14. The van der Waals surface area contributed by atoms with E-state index < -0.39 is 0 Å². The average molecular weight is 330 g/mol. The molecule has 19 heavy (non-hydrogen) atoms. The molecule has 1 aliphatic rings. The van der Waals surface area contributed by atoms with E-state index in [0.29, 0.717) is 13.0 Å². The Morgan fingerprint density at radius 2 is 2.11 bits per heavy atom. The van der Waals surface area contributed by atoms with Gasteiger partial charge in [-0.1, -0.05) is 28.8 Å². The summed E-state index contributed by atoms with van der Waals surface area (Å²) in [5, 5.41) is 0. The summed E-state index contributed by atoms with van der Waals surface area (Å²) >= 11 is 3.46. The summed E-state index contributed by atoms with van der Waals surface area (Å²) in [6.07, 6.45) is 4.98. The molecule has 0 saturated heterocycles. The van der Waals surface area contributed by atoms with Crippen molar-refractivity contribution in [1.82, 2.24) is 0 Å². The predicted molar refractivity (Wildman–Crippen MR) is 78.6 cm³/mol. The lowest BCUT2D eigenvalue weighted by molar-refractivity contribution is -0.0525. The van der Waals surface area contributed by atoms with Gasteiger partial charge < -0.3 is 10.5 Å². The van der Waals surface area contributed by atoms with E-state index in [9.17, 15) is 4.39 Å². The molecule has 0 aromatic heterocycles. The summed E-state index contributed by atoms with van der Waals surface area (Å²) in [7, 11) is 0. The van der Waals surface area contributed by atoms with Gasteiger partial charge in [-0.05, 0) is 49.9 Å². The molecule has 1 aliphatic carbocycles. The van der Waals surface area contributed by atoms with E-state index in [1.807, 2.05) is 6.92 Å². The number of hydrogen-bond donors (Lipinski definition) is 1. The van der Waals surface area contributed by atoms with Gasteiger partial charge in [0.15, 0.2) is 0 Å². The van der Waals surface area contributed by atoms with Gasteiger partial charge in [0.1, 0.15) is 5.82 Å². The van der Waals surface area contributed by atoms with Crippen LogP contribution in [0.1, 0.15) is 38.2 Å². The van der Waals surface area contributed by atoms with Gasteiger partial charge in [0.2, 0.25) is 0 Å². The van der Waals surface area contributed by atoms with Crippen LogP contribution in [0.5, 0.6) is 0 Å². The van der Waals surface area contributed by atoms with Gasteiger partial charge >= 0.3 is 0 Å². The molecular weight excluding hydrogens is 309 g/mol. The summed E-state index contributed by atoms with van der Waals surface area (Å²) in [6.45, 7) is 2.68. The molecular formula is C15H21BrFNO. The molecule has 1 unspecified atom stereocenters. The van der Waals surface area contributed by atoms with Crippen molar-refractivity contribution in [1.29, 1.82) is 0 Å². The molecule has 0 spiro atoms. The Labute approximate surface area is 122 Å². The van der Waals surface area contributed by atoms with Crippen LogP contribution in [0.4, 0.5) is 4.39 Å². The molecule has 0 heterocycles. The molecule has 2 N–H and O–H groups in total. The second kappa shape index (κ2) is 6.33. The molecule has 1 fully saturated rings. The van der Waals surface area contributed by atoms with Crippen LogP contribution in [0.3, 0.4) is 0 Å². The van der Waals surface area contributed by atoms with Crippen molar-refractivity contribution in [3.8, 4) is 0 Å². The largest absolute Gasteiger partial charge is 0.374 e. The van der Waals surface area contributed by atoms with E-state index in [1.165, 1.54) is 6.07 Å². The van der Waals surface area contributed by atoms with E-state index in [2.05, 4.69) is 15.9 Å². The zero-order valence-electron chi connectivity index (χ0n) is 11.3. The van der Waals surface area contributed by atoms with Crippen molar-refractivity contribution >= 4 is 15.9 Å². The van der Waals surface area contributed by atoms with Crippen molar-refractivity contribution in [2.24, 2.45) is 5.73 Å². The number of hydrogen-bond acceptors (Lipinski definition) is 2. The standard InChI is InChI=1S/C15H21BrFNO/c1-2-19-15(7-3-4-8-15)14(18)10-11-9-12(17)5-6-13(11)16/h5-6,9,14H,2-4,7-8,10,18H2,1H3. The van der Waals surface area contributed by atoms with Gasteiger partial charge in [-0.2, -0.15) is 0 Å². The number of halogens is 2. The highest BCUT2D eigenvalue weighted by atomic mass is 79.9. The fourth-order valence-corrected chi connectivity index (χ4v) is 3.41. The summed E-state index contributed by atoms with van der Waals surface area (Å²) in [6, 6.07) is 4.65. The fourth-order valence-electron chi connectivity index (χ4n) is 3.01. The first kappa shape index (κ1) is 14.9. The first-order chi connectivity index (χ1) is 9.07. The molecule has 1 saturated carbocycles. The van der Waals surface area contributed by atoms with Crippen LogP contribution in [-0.4, -0.2) is 18.2 Å². The normalized spacial score (nSPS) is 19.6. The van der Waals surface area contributed by atoms with Crippen LogP contribution in [-0.2, 0) is 11.2 Å². The van der Waals surface area contributed by atoms with Crippen molar-refractivity contribution in [3.05, 3.63) is 34.1 Å². The highest BCUT2D eigenvalue weighted by Crippen LogP contribution is 2.37. The first-order valence-electron chi connectivity index (χ1n) is 6.91. The Morgan fingerprint density at radius 1 is 1.42 bits per heavy atom.